The van der Waals surface area contributed by atoms with Crippen LogP contribution in [0, 0.1) is 0 Å². The number of ether oxygens (including phenoxy) is 1. The van der Waals surface area contributed by atoms with Gasteiger partial charge in [0.2, 0.25) is 5.60 Å². The lowest BCUT2D eigenvalue weighted by molar-refractivity contribution is -0.161. The maximum absolute atomic E-state index is 11.8. The highest BCUT2D eigenvalue weighted by atomic mass is 17.4. The van der Waals surface area contributed by atoms with E-state index in [1.807, 2.05) is 0 Å². The predicted molar refractivity (Wildman–Crippen MR) is 50.9 cm³/mol. The highest BCUT2D eigenvalue weighted by Crippen LogP contribution is 2.33. The van der Waals surface area contributed by atoms with Crippen molar-refractivity contribution in [3.63, 3.8) is 0 Å². The van der Waals surface area contributed by atoms with E-state index in [2.05, 4.69) is 9.78 Å². The second kappa shape index (κ2) is 4.83. The number of carbonyl (C=O) groups excluding carboxylic acids is 2. The minimum atomic E-state index is -1.54. The van der Waals surface area contributed by atoms with Crippen LogP contribution in [0.2, 0.25) is 0 Å². The molecule has 86 valence electrons. The molecule has 1 heterocycles. The minimum absolute atomic E-state index is 0.217. The third-order valence-corrected chi connectivity index (χ3v) is 2.37. The standard InChI is InChI=1S/C10H16O5/c1-4-7(11)10(13-6-3,8(12)5-2)9-14-15-9/h9H,4-6H2,1-3H3. The smallest absolute Gasteiger partial charge is 0.267 e. The Morgan fingerprint density at radius 3 is 1.87 bits per heavy atom. The average molecular weight is 216 g/mol. The quantitative estimate of drug-likeness (QED) is 0.361. The number of Topliss-reactive ketones (excluding diaryl/α,β-unsaturated/α-hetero) is 2. The summed E-state index contributed by atoms with van der Waals surface area (Å²) in [4.78, 5) is 32.8. The molecule has 5 heteroatoms. The van der Waals surface area contributed by atoms with Crippen LogP contribution in [-0.2, 0) is 24.1 Å². The van der Waals surface area contributed by atoms with Gasteiger partial charge in [-0.05, 0) is 6.92 Å². The molecule has 0 unspecified atom stereocenters. The zero-order valence-electron chi connectivity index (χ0n) is 9.24. The molecule has 0 atom stereocenters. The fourth-order valence-electron chi connectivity index (χ4n) is 1.56. The Balaban J connectivity index is 2.98. The summed E-state index contributed by atoms with van der Waals surface area (Å²) in [7, 11) is 0. The summed E-state index contributed by atoms with van der Waals surface area (Å²) in [6.45, 7) is 5.35. The summed E-state index contributed by atoms with van der Waals surface area (Å²) in [6.07, 6.45) is -0.429. The fraction of sp³-hybridized carbons (Fsp3) is 0.800. The molecule has 0 aromatic carbocycles. The molecule has 15 heavy (non-hydrogen) atoms. The van der Waals surface area contributed by atoms with Crippen LogP contribution in [0.5, 0.6) is 0 Å². The first-order valence-electron chi connectivity index (χ1n) is 5.16. The summed E-state index contributed by atoms with van der Waals surface area (Å²) in [5, 5.41) is 0. The van der Waals surface area contributed by atoms with Crippen LogP contribution in [0.25, 0.3) is 0 Å². The molecule has 1 rings (SSSR count). The van der Waals surface area contributed by atoms with E-state index in [0.717, 1.165) is 0 Å². The highest BCUT2D eigenvalue weighted by molar-refractivity contribution is 6.11. The van der Waals surface area contributed by atoms with Crippen molar-refractivity contribution in [1.82, 2.24) is 0 Å². The Kier molecular flexibility index (Phi) is 3.96. The van der Waals surface area contributed by atoms with Gasteiger partial charge < -0.3 is 4.74 Å². The molecule has 1 aliphatic heterocycles. The number of hydrogen-bond donors (Lipinski definition) is 0. The molecule has 0 saturated carbocycles. The summed E-state index contributed by atoms with van der Waals surface area (Å²) in [5.74, 6) is -0.586. The maximum atomic E-state index is 11.8. The first kappa shape index (κ1) is 12.3. The lowest BCUT2D eigenvalue weighted by Crippen LogP contribution is -2.53. The van der Waals surface area contributed by atoms with Crippen molar-refractivity contribution in [2.75, 3.05) is 6.61 Å². The van der Waals surface area contributed by atoms with Gasteiger partial charge in [0.15, 0.2) is 11.6 Å². The van der Waals surface area contributed by atoms with Gasteiger partial charge in [-0.1, -0.05) is 13.8 Å². The first-order chi connectivity index (χ1) is 7.13. The number of hydrogen-bond acceptors (Lipinski definition) is 5. The maximum Gasteiger partial charge on any atom is 0.267 e. The van der Waals surface area contributed by atoms with Crippen LogP contribution in [0.15, 0.2) is 0 Å². The Hall–Kier alpha value is -0.780. The van der Waals surface area contributed by atoms with E-state index in [1.165, 1.54) is 0 Å². The van der Waals surface area contributed by atoms with E-state index < -0.39 is 11.9 Å². The average Bonchev–Trinajstić information content (AvgIpc) is 3.07. The summed E-state index contributed by atoms with van der Waals surface area (Å²) < 4.78 is 5.31. The molecule has 0 aromatic heterocycles. The molecular weight excluding hydrogens is 200 g/mol. The van der Waals surface area contributed by atoms with Crippen molar-refractivity contribution in [3.05, 3.63) is 0 Å². The van der Waals surface area contributed by atoms with Gasteiger partial charge in [0.1, 0.15) is 0 Å². The van der Waals surface area contributed by atoms with Crippen molar-refractivity contribution in [2.45, 2.75) is 45.5 Å². The third kappa shape index (κ3) is 2.09. The van der Waals surface area contributed by atoms with Gasteiger partial charge in [-0.15, -0.1) is 0 Å². The SMILES string of the molecule is CCOC(C(=O)CC)(C(=O)CC)C1OO1. The van der Waals surface area contributed by atoms with Crippen LogP contribution >= 0.6 is 0 Å². The van der Waals surface area contributed by atoms with Crippen LogP contribution in [0.4, 0.5) is 0 Å². The zero-order valence-corrected chi connectivity index (χ0v) is 9.24. The van der Waals surface area contributed by atoms with Crippen molar-refractivity contribution >= 4 is 11.6 Å². The minimum Gasteiger partial charge on any atom is -0.355 e. The summed E-state index contributed by atoms with van der Waals surface area (Å²) in [5.41, 5.74) is -1.54. The van der Waals surface area contributed by atoms with E-state index >= 15 is 0 Å². The van der Waals surface area contributed by atoms with Gasteiger partial charge in [-0.2, -0.15) is 9.78 Å². The molecule has 0 aromatic rings. The lowest BCUT2D eigenvalue weighted by Gasteiger charge is -2.26. The van der Waals surface area contributed by atoms with Crippen molar-refractivity contribution in [2.24, 2.45) is 0 Å². The summed E-state index contributed by atoms with van der Waals surface area (Å²) in [6, 6.07) is 0. The van der Waals surface area contributed by atoms with Gasteiger partial charge in [0.05, 0.1) is 0 Å². The van der Waals surface area contributed by atoms with E-state index in [9.17, 15) is 9.59 Å². The molecule has 0 N–H and O–H groups in total. The van der Waals surface area contributed by atoms with Crippen LogP contribution < -0.4 is 0 Å². The molecule has 0 spiro atoms. The number of carbonyl (C=O) groups is 2. The Morgan fingerprint density at radius 1 is 1.13 bits per heavy atom. The van der Waals surface area contributed by atoms with Crippen molar-refractivity contribution in [1.29, 1.82) is 0 Å². The monoisotopic (exact) mass is 216 g/mol. The predicted octanol–water partition coefficient (Wildman–Crippen LogP) is 1.01. The molecule has 1 saturated heterocycles. The Morgan fingerprint density at radius 2 is 1.60 bits per heavy atom. The van der Waals surface area contributed by atoms with Crippen LogP contribution in [-0.4, -0.2) is 30.1 Å². The normalized spacial score (nSPS) is 16.5. The second-order valence-electron chi connectivity index (χ2n) is 3.25. The lowest BCUT2D eigenvalue weighted by atomic mass is 9.89. The number of rotatable bonds is 7. The van der Waals surface area contributed by atoms with Crippen molar-refractivity contribution < 1.29 is 24.1 Å². The second-order valence-corrected chi connectivity index (χ2v) is 3.25. The van der Waals surface area contributed by atoms with Crippen LogP contribution in [0.1, 0.15) is 33.6 Å². The van der Waals surface area contributed by atoms with Gasteiger partial charge in [0.25, 0.3) is 6.29 Å². The van der Waals surface area contributed by atoms with Gasteiger partial charge in [-0.25, -0.2) is 0 Å². The van der Waals surface area contributed by atoms with Gasteiger partial charge >= 0.3 is 0 Å². The van der Waals surface area contributed by atoms with E-state index in [0.29, 0.717) is 0 Å². The summed E-state index contributed by atoms with van der Waals surface area (Å²) >= 11 is 0. The van der Waals surface area contributed by atoms with E-state index in [1.54, 1.807) is 20.8 Å². The van der Waals surface area contributed by atoms with E-state index in [-0.39, 0.29) is 31.0 Å². The highest BCUT2D eigenvalue weighted by Gasteiger charge is 2.60. The molecule has 0 amide bonds. The molecule has 0 radical (unpaired) electrons. The Bertz CT molecular complexity index is 241. The molecule has 0 bridgehead atoms. The first-order valence-corrected chi connectivity index (χ1v) is 5.16. The zero-order chi connectivity index (χ0) is 11.5. The van der Waals surface area contributed by atoms with Gasteiger partial charge in [0, 0.05) is 19.4 Å². The van der Waals surface area contributed by atoms with Gasteiger partial charge in [-0.3, -0.25) is 9.59 Å². The third-order valence-electron chi connectivity index (χ3n) is 2.37. The Labute approximate surface area is 88.6 Å². The molecular formula is C10H16O5. The fourth-order valence-corrected chi connectivity index (χ4v) is 1.56. The molecule has 1 fully saturated rings. The largest absolute Gasteiger partial charge is 0.355 e. The number of ketones is 2. The van der Waals surface area contributed by atoms with Crippen molar-refractivity contribution in [3.8, 4) is 0 Å². The topological polar surface area (TPSA) is 68.4 Å². The molecule has 0 aliphatic carbocycles. The van der Waals surface area contributed by atoms with E-state index in [4.69, 9.17) is 4.74 Å². The molecule has 1 aliphatic rings. The molecule has 5 nitrogen and oxygen atoms in total. The van der Waals surface area contributed by atoms with Crippen LogP contribution in [0.3, 0.4) is 0 Å².